The minimum absolute atomic E-state index is 0.0592. The molecule has 1 saturated heterocycles. The van der Waals surface area contributed by atoms with Crippen LogP contribution in [0.5, 0.6) is 0 Å². The Labute approximate surface area is 118 Å². The Kier molecular flexibility index (Phi) is 4.12. The van der Waals surface area contributed by atoms with Crippen molar-refractivity contribution in [3.8, 4) is 0 Å². The molecule has 1 fully saturated rings. The molecule has 1 aromatic rings. The average Bonchev–Trinajstić information content (AvgIpc) is 2.82. The highest BCUT2D eigenvalue weighted by atomic mass is 32.2. The van der Waals surface area contributed by atoms with E-state index in [1.807, 2.05) is 6.92 Å². The van der Waals surface area contributed by atoms with Gasteiger partial charge in [-0.3, -0.25) is 4.79 Å². The molecule has 1 amide bonds. The number of hydrogen-bond donors (Lipinski definition) is 1. The summed E-state index contributed by atoms with van der Waals surface area (Å²) in [5.74, 6) is -0.364. The van der Waals surface area contributed by atoms with E-state index in [0.29, 0.717) is 6.61 Å². The highest BCUT2D eigenvalue weighted by molar-refractivity contribution is 7.89. The van der Waals surface area contributed by atoms with Crippen molar-refractivity contribution in [3.05, 3.63) is 29.8 Å². The maximum atomic E-state index is 12.5. The molecule has 2 N–H and O–H groups in total. The van der Waals surface area contributed by atoms with Crippen molar-refractivity contribution < 1.29 is 17.9 Å². The maximum Gasteiger partial charge on any atom is 0.255 e. The second-order valence-electron chi connectivity index (χ2n) is 4.89. The lowest BCUT2D eigenvalue weighted by Gasteiger charge is -2.27. The summed E-state index contributed by atoms with van der Waals surface area (Å²) in [6.45, 7) is 2.49. The Bertz CT molecular complexity index is 615. The third-order valence-electron chi connectivity index (χ3n) is 3.58. The van der Waals surface area contributed by atoms with Crippen LogP contribution in [0.3, 0.4) is 0 Å². The summed E-state index contributed by atoms with van der Waals surface area (Å²) < 4.78 is 28.5. The second-order valence-corrected chi connectivity index (χ2v) is 6.42. The molecule has 0 aliphatic carbocycles. The molecular weight excluding hydrogens is 280 g/mol. The van der Waals surface area contributed by atoms with Gasteiger partial charge in [0.15, 0.2) is 0 Å². The number of rotatable bonds is 3. The molecule has 20 heavy (non-hydrogen) atoms. The lowest BCUT2D eigenvalue weighted by atomic mass is 10.1. The molecular formula is C13H18N2O4S. The molecule has 0 aromatic heterocycles. The van der Waals surface area contributed by atoms with Gasteiger partial charge in [-0.25, -0.2) is 13.6 Å². The fraction of sp³-hybridized carbons (Fsp3) is 0.462. The molecule has 0 saturated carbocycles. The molecule has 0 bridgehead atoms. The molecule has 2 rings (SSSR count). The van der Waals surface area contributed by atoms with Crippen molar-refractivity contribution in [1.82, 2.24) is 4.90 Å². The number of nitrogens with two attached hydrogens (primary N) is 1. The highest BCUT2D eigenvalue weighted by Crippen LogP contribution is 2.22. The molecule has 1 heterocycles. The van der Waals surface area contributed by atoms with Crippen molar-refractivity contribution in [2.75, 3.05) is 13.7 Å². The number of amides is 1. The zero-order valence-corrected chi connectivity index (χ0v) is 12.3. The van der Waals surface area contributed by atoms with E-state index in [0.717, 1.165) is 6.42 Å². The van der Waals surface area contributed by atoms with E-state index in [1.54, 1.807) is 13.1 Å². The Morgan fingerprint density at radius 3 is 2.60 bits per heavy atom. The van der Waals surface area contributed by atoms with E-state index >= 15 is 0 Å². The summed E-state index contributed by atoms with van der Waals surface area (Å²) in [5, 5.41) is 5.15. The Hall–Kier alpha value is -1.44. The first kappa shape index (κ1) is 15.0. The third-order valence-corrected chi connectivity index (χ3v) is 4.55. The van der Waals surface area contributed by atoms with Gasteiger partial charge in [-0.15, -0.1) is 0 Å². The quantitative estimate of drug-likeness (QED) is 0.884. The van der Waals surface area contributed by atoms with E-state index in [2.05, 4.69) is 0 Å². The maximum absolute atomic E-state index is 12.5. The molecule has 1 aliphatic rings. The third kappa shape index (κ3) is 2.84. The Morgan fingerprint density at radius 2 is 2.05 bits per heavy atom. The van der Waals surface area contributed by atoms with Gasteiger partial charge in [0.05, 0.1) is 22.6 Å². The van der Waals surface area contributed by atoms with E-state index in [9.17, 15) is 13.2 Å². The van der Waals surface area contributed by atoms with Crippen molar-refractivity contribution >= 4 is 15.9 Å². The molecule has 1 aromatic carbocycles. The van der Waals surface area contributed by atoms with Crippen LogP contribution < -0.4 is 5.14 Å². The number of nitrogens with zero attached hydrogens (tertiary/aromatic N) is 1. The zero-order valence-electron chi connectivity index (χ0n) is 11.4. The molecule has 110 valence electrons. The number of primary sulfonamides is 1. The van der Waals surface area contributed by atoms with Crippen LogP contribution >= 0.6 is 0 Å². The monoisotopic (exact) mass is 298 g/mol. The van der Waals surface area contributed by atoms with Gasteiger partial charge in [0.25, 0.3) is 5.91 Å². The lowest BCUT2D eigenvalue weighted by molar-refractivity contribution is 0.0571. The number of carbonyl (C=O) groups excluding carboxylic acids is 1. The van der Waals surface area contributed by atoms with Crippen molar-refractivity contribution in [3.63, 3.8) is 0 Å². The molecule has 0 spiro atoms. The van der Waals surface area contributed by atoms with Crippen molar-refractivity contribution in [2.24, 2.45) is 5.14 Å². The zero-order chi connectivity index (χ0) is 14.9. The Balaban J connectivity index is 2.34. The van der Waals surface area contributed by atoms with Crippen molar-refractivity contribution in [1.29, 1.82) is 0 Å². The van der Waals surface area contributed by atoms with Gasteiger partial charge < -0.3 is 9.64 Å². The van der Waals surface area contributed by atoms with Gasteiger partial charge in [0, 0.05) is 13.7 Å². The number of carbonyl (C=O) groups is 1. The summed E-state index contributed by atoms with van der Waals surface area (Å²) >= 11 is 0. The SMILES string of the molecule is CC1OCCC1N(C)C(=O)c1ccccc1S(N)(=O)=O. The van der Waals surface area contributed by atoms with Crippen LogP contribution in [0, 0.1) is 0 Å². The summed E-state index contributed by atoms with van der Waals surface area (Å²) in [4.78, 5) is 13.9. The fourth-order valence-electron chi connectivity index (χ4n) is 2.46. The smallest absolute Gasteiger partial charge is 0.255 e. The minimum Gasteiger partial charge on any atom is -0.376 e. The van der Waals surface area contributed by atoms with Gasteiger partial charge in [-0.1, -0.05) is 12.1 Å². The summed E-state index contributed by atoms with van der Waals surface area (Å²) in [7, 11) is -2.28. The lowest BCUT2D eigenvalue weighted by Crippen LogP contribution is -2.41. The van der Waals surface area contributed by atoms with Gasteiger partial charge in [-0.2, -0.15) is 0 Å². The van der Waals surface area contributed by atoms with Gasteiger partial charge in [0.1, 0.15) is 0 Å². The van der Waals surface area contributed by atoms with Crippen LogP contribution in [0.15, 0.2) is 29.2 Å². The standard InChI is InChI=1S/C13H18N2O4S/c1-9-11(7-8-19-9)15(2)13(16)10-5-3-4-6-12(10)20(14,17)18/h3-6,9,11H,7-8H2,1-2H3,(H2,14,17,18). The predicted octanol–water partition coefficient (Wildman–Crippen LogP) is 0.583. The van der Waals surface area contributed by atoms with Crippen molar-refractivity contribution in [2.45, 2.75) is 30.4 Å². The molecule has 1 aliphatic heterocycles. The topological polar surface area (TPSA) is 89.7 Å². The normalized spacial score (nSPS) is 22.8. The molecule has 2 unspecified atom stereocenters. The number of ether oxygens (including phenoxy) is 1. The van der Waals surface area contributed by atoms with Crippen LogP contribution in [-0.4, -0.2) is 45.0 Å². The minimum atomic E-state index is -3.93. The first-order valence-corrected chi connectivity index (χ1v) is 7.87. The molecule has 6 nitrogen and oxygen atoms in total. The first-order chi connectivity index (χ1) is 9.32. The van der Waals surface area contributed by atoms with Crippen LogP contribution in [0.2, 0.25) is 0 Å². The number of sulfonamides is 1. The van der Waals surface area contributed by atoms with Crippen LogP contribution in [-0.2, 0) is 14.8 Å². The molecule has 2 atom stereocenters. The molecule has 0 radical (unpaired) electrons. The molecule has 7 heteroatoms. The predicted molar refractivity (Wildman–Crippen MR) is 73.7 cm³/mol. The van der Waals surface area contributed by atoms with E-state index in [4.69, 9.17) is 9.88 Å². The van der Waals surface area contributed by atoms with E-state index in [-0.39, 0.29) is 28.5 Å². The van der Waals surface area contributed by atoms with Crippen LogP contribution in [0.1, 0.15) is 23.7 Å². The van der Waals surface area contributed by atoms with E-state index in [1.165, 1.54) is 23.1 Å². The number of hydrogen-bond acceptors (Lipinski definition) is 4. The average molecular weight is 298 g/mol. The summed E-state index contributed by atoms with van der Waals surface area (Å²) in [6, 6.07) is 5.91. The summed E-state index contributed by atoms with van der Waals surface area (Å²) in [5.41, 5.74) is 0.0941. The Morgan fingerprint density at radius 1 is 1.40 bits per heavy atom. The van der Waals surface area contributed by atoms with Gasteiger partial charge >= 0.3 is 0 Å². The van der Waals surface area contributed by atoms with E-state index < -0.39 is 10.0 Å². The summed E-state index contributed by atoms with van der Waals surface area (Å²) in [6.07, 6.45) is 0.673. The fourth-order valence-corrected chi connectivity index (χ4v) is 3.19. The van der Waals surface area contributed by atoms with Gasteiger partial charge in [0.2, 0.25) is 10.0 Å². The van der Waals surface area contributed by atoms with Crippen LogP contribution in [0.4, 0.5) is 0 Å². The first-order valence-electron chi connectivity index (χ1n) is 6.33. The second kappa shape index (κ2) is 5.51. The number of likely N-dealkylation sites (N-methyl/N-ethyl adjacent to an activating group) is 1. The van der Waals surface area contributed by atoms with Gasteiger partial charge in [-0.05, 0) is 25.5 Å². The van der Waals surface area contributed by atoms with Crippen LogP contribution in [0.25, 0.3) is 0 Å². The largest absolute Gasteiger partial charge is 0.376 e. The highest BCUT2D eigenvalue weighted by Gasteiger charge is 2.32. The number of benzene rings is 1.